The molecule has 2 aromatic carbocycles. The zero-order valence-electron chi connectivity index (χ0n) is 17.9. The summed E-state index contributed by atoms with van der Waals surface area (Å²) in [7, 11) is 0. The fraction of sp³-hybridized carbons (Fsp3) is 0.400. The first kappa shape index (κ1) is 21.4. The Labute approximate surface area is 182 Å². The Hall–Kier alpha value is -2.83. The van der Waals surface area contributed by atoms with Crippen molar-refractivity contribution in [3.05, 3.63) is 59.7 Å². The van der Waals surface area contributed by atoms with Gasteiger partial charge in [0.05, 0.1) is 19.8 Å². The molecule has 0 aromatic heterocycles. The van der Waals surface area contributed by atoms with Crippen molar-refractivity contribution in [1.29, 1.82) is 0 Å². The number of esters is 1. The van der Waals surface area contributed by atoms with E-state index in [1.165, 1.54) is 11.1 Å². The van der Waals surface area contributed by atoms with Gasteiger partial charge in [-0.1, -0.05) is 43.0 Å². The Morgan fingerprint density at radius 3 is 2.23 bits per heavy atom. The molecule has 1 saturated heterocycles. The molecule has 0 radical (unpaired) electrons. The molecule has 1 atom stereocenters. The van der Waals surface area contributed by atoms with E-state index in [-0.39, 0.29) is 12.7 Å². The van der Waals surface area contributed by atoms with Crippen LogP contribution in [-0.4, -0.2) is 51.7 Å². The van der Waals surface area contributed by atoms with Crippen LogP contribution in [0.4, 0.5) is 0 Å². The monoisotopic (exact) mass is 424 g/mol. The van der Waals surface area contributed by atoms with Gasteiger partial charge in [0.1, 0.15) is 37.4 Å². The highest BCUT2D eigenvalue weighted by Crippen LogP contribution is 2.43. The van der Waals surface area contributed by atoms with E-state index >= 15 is 0 Å². The van der Waals surface area contributed by atoms with Crippen LogP contribution in [0.2, 0.25) is 0 Å². The van der Waals surface area contributed by atoms with Crippen molar-refractivity contribution in [3.8, 4) is 11.5 Å². The lowest BCUT2D eigenvalue weighted by atomic mass is 9.90. The van der Waals surface area contributed by atoms with Crippen LogP contribution in [0.3, 0.4) is 0 Å². The van der Waals surface area contributed by atoms with E-state index in [2.05, 4.69) is 30.9 Å². The number of benzene rings is 2. The topological polar surface area (TPSA) is 66.5 Å². The first-order valence-corrected chi connectivity index (χ1v) is 10.6. The number of hydrogen-bond donors (Lipinski definition) is 0. The molecule has 6 heteroatoms. The Balaban J connectivity index is 1.43. The molecule has 1 aliphatic carbocycles. The molecule has 164 valence electrons. The van der Waals surface area contributed by atoms with Crippen molar-refractivity contribution in [1.82, 2.24) is 0 Å². The van der Waals surface area contributed by atoms with Gasteiger partial charge in [0, 0.05) is 27.5 Å². The predicted molar refractivity (Wildman–Crippen MR) is 118 cm³/mol. The molecule has 6 nitrogen and oxygen atoms in total. The molecule has 0 spiro atoms. The minimum Gasteiger partial charge on any atom is -0.490 e. The van der Waals surface area contributed by atoms with Crippen LogP contribution in [0.15, 0.2) is 48.6 Å². The highest BCUT2D eigenvalue weighted by molar-refractivity contribution is 5.96. The SMILES string of the molecule is C=C(C)C(=O)OCCOCCOc1c2c(c(OCC3CO3)c3ccccc13)CC=CC2. The van der Waals surface area contributed by atoms with Crippen LogP contribution in [0.5, 0.6) is 11.5 Å². The second-order valence-corrected chi connectivity index (χ2v) is 7.68. The van der Waals surface area contributed by atoms with Crippen LogP contribution < -0.4 is 9.47 Å². The Morgan fingerprint density at radius 1 is 1.00 bits per heavy atom. The summed E-state index contributed by atoms with van der Waals surface area (Å²) in [6.07, 6.45) is 6.18. The summed E-state index contributed by atoms with van der Waals surface area (Å²) in [5.74, 6) is 1.43. The first-order chi connectivity index (χ1) is 15.1. The Bertz CT molecular complexity index is 989. The molecule has 31 heavy (non-hydrogen) atoms. The van der Waals surface area contributed by atoms with Crippen LogP contribution in [0.1, 0.15) is 18.1 Å². The average Bonchev–Trinajstić information content (AvgIpc) is 3.61. The quantitative estimate of drug-likeness (QED) is 0.180. The van der Waals surface area contributed by atoms with Gasteiger partial charge >= 0.3 is 5.97 Å². The fourth-order valence-electron chi connectivity index (χ4n) is 3.60. The molecule has 2 aromatic rings. The summed E-state index contributed by atoms with van der Waals surface area (Å²) in [4.78, 5) is 11.4. The molecule has 0 bridgehead atoms. The average molecular weight is 424 g/mol. The number of rotatable bonds is 11. The largest absolute Gasteiger partial charge is 0.490 e. The zero-order valence-corrected chi connectivity index (χ0v) is 17.9. The lowest BCUT2D eigenvalue weighted by molar-refractivity contribution is -0.140. The lowest BCUT2D eigenvalue weighted by Gasteiger charge is -2.23. The minimum absolute atomic E-state index is 0.200. The fourth-order valence-corrected chi connectivity index (χ4v) is 3.60. The summed E-state index contributed by atoms with van der Waals surface area (Å²) in [5, 5.41) is 2.10. The van der Waals surface area contributed by atoms with Crippen molar-refractivity contribution in [2.24, 2.45) is 0 Å². The van der Waals surface area contributed by atoms with E-state index in [1.807, 2.05) is 12.1 Å². The van der Waals surface area contributed by atoms with Gasteiger partial charge in [-0.3, -0.25) is 0 Å². The molecular weight excluding hydrogens is 396 g/mol. The lowest BCUT2D eigenvalue weighted by Crippen LogP contribution is -2.15. The van der Waals surface area contributed by atoms with Gasteiger partial charge in [0.2, 0.25) is 0 Å². The van der Waals surface area contributed by atoms with E-state index < -0.39 is 5.97 Å². The molecule has 1 aliphatic heterocycles. The maximum atomic E-state index is 11.4. The van der Waals surface area contributed by atoms with Crippen molar-refractivity contribution in [2.75, 3.05) is 39.6 Å². The molecular formula is C25H28O6. The number of carbonyl (C=O) groups excluding carboxylic acids is 1. The first-order valence-electron chi connectivity index (χ1n) is 10.6. The smallest absolute Gasteiger partial charge is 0.333 e. The highest BCUT2D eigenvalue weighted by Gasteiger charge is 2.26. The van der Waals surface area contributed by atoms with E-state index in [0.717, 1.165) is 41.7 Å². The van der Waals surface area contributed by atoms with Gasteiger partial charge in [0.25, 0.3) is 0 Å². The predicted octanol–water partition coefficient (Wildman–Crippen LogP) is 3.79. The highest BCUT2D eigenvalue weighted by atomic mass is 16.6. The summed E-state index contributed by atoms with van der Waals surface area (Å²) in [6.45, 7) is 7.84. The third-order valence-corrected chi connectivity index (χ3v) is 5.24. The van der Waals surface area contributed by atoms with Gasteiger partial charge in [-0.25, -0.2) is 4.79 Å². The van der Waals surface area contributed by atoms with Gasteiger partial charge in [0.15, 0.2) is 0 Å². The third-order valence-electron chi connectivity index (χ3n) is 5.24. The van der Waals surface area contributed by atoms with Gasteiger partial charge in [-0.15, -0.1) is 0 Å². The Kier molecular flexibility index (Phi) is 6.89. The molecule has 0 saturated carbocycles. The molecule has 1 heterocycles. The minimum atomic E-state index is -0.401. The van der Waals surface area contributed by atoms with E-state index in [9.17, 15) is 4.79 Å². The van der Waals surface area contributed by atoms with E-state index in [0.29, 0.717) is 32.0 Å². The summed E-state index contributed by atoms with van der Waals surface area (Å²) < 4.78 is 28.3. The van der Waals surface area contributed by atoms with Crippen LogP contribution in [0.25, 0.3) is 10.8 Å². The van der Waals surface area contributed by atoms with Crippen LogP contribution in [0, 0.1) is 0 Å². The van der Waals surface area contributed by atoms with Crippen molar-refractivity contribution < 1.29 is 28.5 Å². The number of carbonyl (C=O) groups is 1. The molecule has 0 amide bonds. The zero-order chi connectivity index (χ0) is 21.6. The molecule has 0 N–H and O–H groups in total. The summed E-state index contributed by atoms with van der Waals surface area (Å²) in [5.41, 5.74) is 2.74. The van der Waals surface area contributed by atoms with Crippen LogP contribution in [-0.2, 0) is 31.8 Å². The molecule has 1 unspecified atom stereocenters. The van der Waals surface area contributed by atoms with E-state index in [1.54, 1.807) is 6.92 Å². The third kappa shape index (κ3) is 5.27. The second-order valence-electron chi connectivity index (χ2n) is 7.68. The molecule has 2 aliphatic rings. The summed E-state index contributed by atoms with van der Waals surface area (Å²) in [6, 6.07) is 8.19. The molecule has 4 rings (SSSR count). The normalized spacial score (nSPS) is 16.6. The summed E-state index contributed by atoms with van der Waals surface area (Å²) >= 11 is 0. The van der Waals surface area contributed by atoms with Gasteiger partial charge < -0.3 is 23.7 Å². The van der Waals surface area contributed by atoms with Crippen molar-refractivity contribution >= 4 is 16.7 Å². The number of ether oxygens (including phenoxy) is 5. The van der Waals surface area contributed by atoms with Crippen molar-refractivity contribution in [3.63, 3.8) is 0 Å². The Morgan fingerprint density at radius 2 is 1.61 bits per heavy atom. The molecule has 1 fully saturated rings. The number of epoxide rings is 1. The van der Waals surface area contributed by atoms with E-state index in [4.69, 9.17) is 23.7 Å². The number of allylic oxidation sites excluding steroid dienone is 2. The van der Waals surface area contributed by atoms with Gasteiger partial charge in [-0.2, -0.15) is 0 Å². The maximum absolute atomic E-state index is 11.4. The van der Waals surface area contributed by atoms with Crippen LogP contribution >= 0.6 is 0 Å². The number of hydrogen-bond acceptors (Lipinski definition) is 6. The second kappa shape index (κ2) is 9.98. The number of fused-ring (bicyclic) bond motifs is 2. The van der Waals surface area contributed by atoms with Gasteiger partial charge in [-0.05, 0) is 19.8 Å². The van der Waals surface area contributed by atoms with Crippen molar-refractivity contribution in [2.45, 2.75) is 25.9 Å². The standard InChI is InChI=1S/C25H28O6/c1-17(2)25(26)29-14-12-27-11-13-28-23-19-7-3-5-9-21(19)24(31-16-18-15-30-18)22-10-6-4-8-20(22)23/h3-7,9,18H,1,8,10-16H2,2H3. The maximum Gasteiger partial charge on any atom is 0.333 e.